The van der Waals surface area contributed by atoms with E-state index in [4.69, 9.17) is 25.1 Å². The molecule has 0 spiro atoms. The van der Waals surface area contributed by atoms with Crippen molar-refractivity contribution in [3.8, 4) is 0 Å². The van der Waals surface area contributed by atoms with Crippen LogP contribution in [0.4, 0.5) is 0 Å². The average molecular weight is 577 g/mol. The number of carbonyl (C=O) groups is 1. The number of ether oxygens (including phenoxy) is 3. The molecule has 12 nitrogen and oxygen atoms in total. The van der Waals surface area contributed by atoms with Crippen LogP contribution in [0.25, 0.3) is 0 Å². The van der Waals surface area contributed by atoms with Gasteiger partial charge in [-0.2, -0.15) is 0 Å². The van der Waals surface area contributed by atoms with Gasteiger partial charge in [-0.3, -0.25) is 4.79 Å². The average Bonchev–Trinajstić information content (AvgIpc) is 2.86. The molecule has 0 bridgehead atoms. The summed E-state index contributed by atoms with van der Waals surface area (Å²) in [6.07, 6.45) is -4.10. The highest BCUT2D eigenvalue weighted by atomic mass is 16.7. The van der Waals surface area contributed by atoms with Gasteiger partial charge in [0, 0.05) is 32.4 Å². The molecule has 1 amide bonds. The molecule has 0 aromatic carbocycles. The number of hydrogen-bond acceptors (Lipinski definition) is 11. The molecule has 0 aromatic rings. The second-order valence-corrected chi connectivity index (χ2v) is 11.9. The van der Waals surface area contributed by atoms with E-state index in [1.165, 1.54) is 0 Å². The topological polar surface area (TPSA) is 204 Å². The Hall–Kier alpha value is -1.19. The van der Waals surface area contributed by atoms with Gasteiger partial charge < -0.3 is 55.9 Å². The van der Waals surface area contributed by atoms with Gasteiger partial charge in [0.2, 0.25) is 5.91 Å². The fourth-order valence-corrected chi connectivity index (χ4v) is 5.01. The highest BCUT2D eigenvalue weighted by molar-refractivity contribution is 5.80. The van der Waals surface area contributed by atoms with Crippen molar-refractivity contribution >= 4 is 5.91 Å². The number of nitrogens with one attached hydrogen (secondary N) is 1. The molecule has 5 unspecified atom stereocenters. The van der Waals surface area contributed by atoms with Gasteiger partial charge in [-0.1, -0.05) is 39.8 Å². The summed E-state index contributed by atoms with van der Waals surface area (Å²) in [6, 6.07) is -1.00. The number of aliphatic hydroxyl groups excluding tert-OH is 5. The molecule has 40 heavy (non-hydrogen) atoms. The van der Waals surface area contributed by atoms with Crippen molar-refractivity contribution in [3.05, 3.63) is 12.2 Å². The Morgan fingerprint density at radius 2 is 1.82 bits per heavy atom. The predicted octanol–water partition coefficient (Wildman–Crippen LogP) is -0.482. The number of aliphatic hydroxyl groups is 6. The lowest BCUT2D eigenvalue weighted by Crippen LogP contribution is -2.62. The van der Waals surface area contributed by atoms with Crippen molar-refractivity contribution in [1.82, 2.24) is 5.32 Å². The number of carbonyl (C=O) groups excluding carboxylic acids is 1. The Morgan fingerprint density at radius 3 is 2.42 bits per heavy atom. The van der Waals surface area contributed by atoms with E-state index in [0.29, 0.717) is 19.4 Å². The van der Waals surface area contributed by atoms with E-state index in [1.807, 2.05) is 19.9 Å². The first-order valence-electron chi connectivity index (χ1n) is 14.4. The van der Waals surface area contributed by atoms with Crippen LogP contribution in [0.1, 0.15) is 66.7 Å². The monoisotopic (exact) mass is 576 g/mol. The van der Waals surface area contributed by atoms with Crippen molar-refractivity contribution in [2.24, 2.45) is 23.5 Å². The minimum atomic E-state index is -1.89. The number of hydrogen-bond donors (Lipinski definition) is 8. The largest absolute Gasteiger partial charge is 0.396 e. The standard InChI is InChI=1S/C28H52N2O10/c1-15(2)8-9-18(39-27-25(35)23(29)24(34)17(5)38-27)12-21-22(26(36)30-10-6-7-11-31)20(33)14-28(37,40-21)13-19(32)16(3)4/h8-9,15-25,27,31-35,37H,6-7,10-14,29H2,1-5H3,(H,30,36)/b9-8+/t17?,18-,19+,20-,21-,22+,23?,24?,25?,27?,28+/m0/s1. The van der Waals surface area contributed by atoms with Crippen LogP contribution in [0.3, 0.4) is 0 Å². The summed E-state index contributed by atoms with van der Waals surface area (Å²) in [6.45, 7) is 9.42. The second kappa shape index (κ2) is 15.9. The summed E-state index contributed by atoms with van der Waals surface area (Å²) >= 11 is 0. The molecule has 2 saturated heterocycles. The molecular weight excluding hydrogens is 524 g/mol. The maximum absolute atomic E-state index is 13.2. The molecule has 12 heteroatoms. The molecule has 2 aliphatic rings. The Labute approximate surface area is 237 Å². The van der Waals surface area contributed by atoms with Gasteiger partial charge in [0.1, 0.15) is 6.10 Å². The van der Waals surface area contributed by atoms with Crippen LogP contribution in [-0.4, -0.2) is 111 Å². The van der Waals surface area contributed by atoms with Crippen LogP contribution in [0.15, 0.2) is 12.2 Å². The zero-order valence-corrected chi connectivity index (χ0v) is 24.4. The minimum Gasteiger partial charge on any atom is -0.396 e. The number of allylic oxidation sites excluding steroid dienone is 1. The third-order valence-corrected chi connectivity index (χ3v) is 7.58. The molecule has 2 aliphatic heterocycles. The molecule has 9 N–H and O–H groups in total. The van der Waals surface area contributed by atoms with Gasteiger partial charge in [0.15, 0.2) is 12.1 Å². The zero-order chi connectivity index (χ0) is 30.2. The maximum atomic E-state index is 13.2. The van der Waals surface area contributed by atoms with Gasteiger partial charge in [-0.15, -0.1) is 0 Å². The Morgan fingerprint density at radius 1 is 1.15 bits per heavy atom. The number of amides is 1. The van der Waals surface area contributed by atoms with Gasteiger partial charge in [0.05, 0.1) is 48.6 Å². The molecule has 0 aromatic heterocycles. The summed E-state index contributed by atoms with van der Waals surface area (Å²) in [5.74, 6) is -3.47. The molecule has 2 rings (SSSR count). The predicted molar refractivity (Wildman–Crippen MR) is 147 cm³/mol. The minimum absolute atomic E-state index is 0.00549. The molecule has 2 fully saturated rings. The van der Waals surface area contributed by atoms with Crippen LogP contribution in [0.2, 0.25) is 0 Å². The van der Waals surface area contributed by atoms with Crippen LogP contribution >= 0.6 is 0 Å². The summed E-state index contributed by atoms with van der Waals surface area (Å²) in [5, 5.41) is 65.5. The summed E-state index contributed by atoms with van der Waals surface area (Å²) in [5.41, 5.74) is 5.98. The highest BCUT2D eigenvalue weighted by Crippen LogP contribution is 2.38. The lowest BCUT2D eigenvalue weighted by molar-refractivity contribution is -0.307. The SMILES string of the molecule is CC(C)/C=C/[C@@H](C[C@@H]1O[C@](O)(C[C@@H](O)C(C)C)C[C@H](O)[C@H]1C(=O)NCCCCO)OC1OC(C)C(O)C(N)C1O. The number of nitrogens with two attached hydrogens (primary N) is 1. The van der Waals surface area contributed by atoms with Crippen molar-refractivity contribution in [1.29, 1.82) is 0 Å². The zero-order valence-electron chi connectivity index (χ0n) is 24.4. The van der Waals surface area contributed by atoms with E-state index >= 15 is 0 Å². The molecule has 2 heterocycles. The van der Waals surface area contributed by atoms with E-state index in [2.05, 4.69) is 5.32 Å². The normalized spacial score (nSPS) is 36.8. The fourth-order valence-electron chi connectivity index (χ4n) is 5.01. The number of rotatable bonds is 14. The molecule has 0 radical (unpaired) electrons. The fraction of sp³-hybridized carbons (Fsp3) is 0.893. The molecule has 0 aliphatic carbocycles. The van der Waals surface area contributed by atoms with Crippen LogP contribution in [-0.2, 0) is 19.0 Å². The van der Waals surface area contributed by atoms with Crippen LogP contribution in [0.5, 0.6) is 0 Å². The number of unbranched alkanes of at least 4 members (excludes halogenated alkanes) is 1. The lowest BCUT2D eigenvalue weighted by Gasteiger charge is -2.46. The third kappa shape index (κ3) is 9.97. The van der Waals surface area contributed by atoms with Crippen LogP contribution in [0, 0.1) is 17.8 Å². The van der Waals surface area contributed by atoms with Gasteiger partial charge >= 0.3 is 0 Å². The van der Waals surface area contributed by atoms with Crippen molar-refractivity contribution in [3.63, 3.8) is 0 Å². The lowest BCUT2D eigenvalue weighted by atomic mass is 9.81. The van der Waals surface area contributed by atoms with Crippen molar-refractivity contribution < 1.29 is 49.6 Å². The van der Waals surface area contributed by atoms with Gasteiger partial charge in [-0.05, 0) is 31.6 Å². The van der Waals surface area contributed by atoms with Crippen LogP contribution < -0.4 is 11.1 Å². The third-order valence-electron chi connectivity index (χ3n) is 7.58. The van der Waals surface area contributed by atoms with E-state index in [0.717, 1.165) is 0 Å². The first kappa shape index (κ1) is 35.0. The first-order valence-corrected chi connectivity index (χ1v) is 14.4. The summed E-state index contributed by atoms with van der Waals surface area (Å²) < 4.78 is 17.9. The Balaban J connectivity index is 2.33. The quantitative estimate of drug-likeness (QED) is 0.0979. The first-order chi connectivity index (χ1) is 18.7. The Bertz CT molecular complexity index is 799. The van der Waals surface area contributed by atoms with Crippen molar-refractivity contribution in [2.75, 3.05) is 13.2 Å². The van der Waals surface area contributed by atoms with E-state index < -0.39 is 72.7 Å². The van der Waals surface area contributed by atoms with E-state index in [1.54, 1.807) is 26.8 Å². The highest BCUT2D eigenvalue weighted by Gasteiger charge is 2.50. The molecule has 234 valence electrons. The maximum Gasteiger partial charge on any atom is 0.228 e. The van der Waals surface area contributed by atoms with E-state index in [9.17, 15) is 30.3 Å². The van der Waals surface area contributed by atoms with Gasteiger partial charge in [0.25, 0.3) is 0 Å². The van der Waals surface area contributed by atoms with E-state index in [-0.39, 0.29) is 37.7 Å². The Kier molecular flexibility index (Phi) is 13.9. The smallest absolute Gasteiger partial charge is 0.228 e. The molecule has 0 saturated carbocycles. The van der Waals surface area contributed by atoms with Gasteiger partial charge in [-0.25, -0.2) is 0 Å². The summed E-state index contributed by atoms with van der Waals surface area (Å²) in [4.78, 5) is 13.2. The second-order valence-electron chi connectivity index (χ2n) is 11.9. The summed E-state index contributed by atoms with van der Waals surface area (Å²) in [7, 11) is 0. The van der Waals surface area contributed by atoms with Crippen molar-refractivity contribution in [2.45, 2.75) is 128 Å². The molecular formula is C28H52N2O10. The molecule has 11 atom stereocenters.